The van der Waals surface area contributed by atoms with Crippen molar-refractivity contribution in [3.8, 4) is 0 Å². The van der Waals surface area contributed by atoms with Crippen molar-refractivity contribution in [3.05, 3.63) is 47.0 Å². The second kappa shape index (κ2) is 5.04. The van der Waals surface area contributed by atoms with Crippen LogP contribution < -0.4 is 0 Å². The number of likely N-dealkylation sites (tertiary alicyclic amines) is 1. The molecule has 0 radical (unpaired) electrons. The van der Waals surface area contributed by atoms with Crippen molar-refractivity contribution < 1.29 is 0 Å². The first kappa shape index (κ1) is 13.9. The summed E-state index contributed by atoms with van der Waals surface area (Å²) in [4.78, 5) is 2.70. The van der Waals surface area contributed by atoms with E-state index >= 15 is 0 Å². The first-order valence-corrected chi connectivity index (χ1v) is 7.98. The van der Waals surface area contributed by atoms with Crippen molar-refractivity contribution in [2.45, 2.75) is 52.0 Å². The molecule has 1 aliphatic carbocycles. The zero-order chi connectivity index (χ0) is 14.3. The Bertz CT molecular complexity index is 526. The summed E-state index contributed by atoms with van der Waals surface area (Å²) in [5, 5.41) is 0. The number of hydrogen-bond acceptors (Lipinski definition) is 1. The fraction of sp³-hybridized carbons (Fsp3) is 0.579. The van der Waals surface area contributed by atoms with Crippen molar-refractivity contribution >= 4 is 0 Å². The van der Waals surface area contributed by atoms with Crippen LogP contribution in [0.3, 0.4) is 0 Å². The molecule has 1 saturated heterocycles. The second-order valence-electron chi connectivity index (χ2n) is 7.16. The maximum absolute atomic E-state index is 2.70. The van der Waals surface area contributed by atoms with E-state index in [-0.39, 0.29) is 0 Å². The summed E-state index contributed by atoms with van der Waals surface area (Å²) in [5.41, 5.74) is 5.01. The van der Waals surface area contributed by atoms with E-state index in [0.29, 0.717) is 11.5 Å². The van der Waals surface area contributed by atoms with Gasteiger partial charge in [0.1, 0.15) is 0 Å². The van der Waals surface area contributed by atoms with Crippen LogP contribution in [0, 0.1) is 5.92 Å². The van der Waals surface area contributed by atoms with Crippen LogP contribution in [0.5, 0.6) is 0 Å². The first-order chi connectivity index (χ1) is 9.52. The molecule has 0 saturated carbocycles. The molecule has 1 heterocycles. The number of fused-ring (bicyclic) bond motifs is 4. The SMILES string of the molecule is CC(C)=CCN1CC[C@]2(C)c3ccccc3C[C@H]1[C@H]2C. The minimum absolute atomic E-state index is 0.376. The summed E-state index contributed by atoms with van der Waals surface area (Å²) in [5.74, 6) is 0.747. The van der Waals surface area contributed by atoms with Gasteiger partial charge < -0.3 is 0 Å². The molecular formula is C19H27N. The Morgan fingerprint density at radius 2 is 2.10 bits per heavy atom. The number of nitrogens with zero attached hydrogens (tertiary/aromatic N) is 1. The molecule has 1 aromatic rings. The minimum atomic E-state index is 0.376. The number of rotatable bonds is 2. The molecule has 3 rings (SSSR count). The Labute approximate surface area is 123 Å². The topological polar surface area (TPSA) is 3.24 Å². The van der Waals surface area contributed by atoms with Crippen LogP contribution in [0.1, 0.15) is 45.2 Å². The van der Waals surface area contributed by atoms with Crippen molar-refractivity contribution in [1.29, 1.82) is 0 Å². The van der Waals surface area contributed by atoms with E-state index in [9.17, 15) is 0 Å². The largest absolute Gasteiger partial charge is 0.296 e. The van der Waals surface area contributed by atoms with Gasteiger partial charge in [0.25, 0.3) is 0 Å². The smallest absolute Gasteiger partial charge is 0.0173 e. The highest BCUT2D eigenvalue weighted by Gasteiger charge is 2.47. The molecule has 0 unspecified atom stereocenters. The summed E-state index contributed by atoms with van der Waals surface area (Å²) in [6.45, 7) is 11.7. The van der Waals surface area contributed by atoms with Gasteiger partial charge >= 0.3 is 0 Å². The van der Waals surface area contributed by atoms with Gasteiger partial charge in [0.2, 0.25) is 0 Å². The quantitative estimate of drug-likeness (QED) is 0.728. The van der Waals surface area contributed by atoms with Gasteiger partial charge in [0.15, 0.2) is 0 Å². The molecule has 0 aromatic heterocycles. The zero-order valence-corrected chi connectivity index (χ0v) is 13.3. The zero-order valence-electron chi connectivity index (χ0n) is 13.3. The summed E-state index contributed by atoms with van der Waals surface area (Å²) in [6, 6.07) is 9.84. The van der Waals surface area contributed by atoms with E-state index in [2.05, 4.69) is 62.9 Å². The Balaban J connectivity index is 1.93. The number of hydrogen-bond donors (Lipinski definition) is 0. The molecule has 0 spiro atoms. The molecule has 1 aromatic carbocycles. The predicted molar refractivity (Wildman–Crippen MR) is 86.1 cm³/mol. The average molecular weight is 269 g/mol. The lowest BCUT2D eigenvalue weighted by atomic mass is 9.59. The van der Waals surface area contributed by atoms with Crippen LogP contribution in [0.2, 0.25) is 0 Å². The molecule has 2 bridgehead atoms. The van der Waals surface area contributed by atoms with Gasteiger partial charge in [0, 0.05) is 12.6 Å². The van der Waals surface area contributed by atoms with Gasteiger partial charge in [-0.2, -0.15) is 0 Å². The molecule has 1 nitrogen and oxygen atoms in total. The van der Waals surface area contributed by atoms with E-state index < -0.39 is 0 Å². The fourth-order valence-electron chi connectivity index (χ4n) is 4.20. The average Bonchev–Trinajstić information content (AvgIpc) is 2.42. The Kier molecular flexibility index (Phi) is 3.50. The van der Waals surface area contributed by atoms with E-state index in [1.165, 1.54) is 25.0 Å². The monoisotopic (exact) mass is 269 g/mol. The lowest BCUT2D eigenvalue weighted by Gasteiger charge is -2.54. The van der Waals surface area contributed by atoms with E-state index in [4.69, 9.17) is 0 Å². The van der Waals surface area contributed by atoms with Gasteiger partial charge in [-0.05, 0) is 55.7 Å². The van der Waals surface area contributed by atoms with Crippen molar-refractivity contribution in [2.75, 3.05) is 13.1 Å². The highest BCUT2D eigenvalue weighted by Crippen LogP contribution is 2.48. The summed E-state index contributed by atoms with van der Waals surface area (Å²) >= 11 is 0. The van der Waals surface area contributed by atoms with Gasteiger partial charge in [-0.3, -0.25) is 4.90 Å². The Morgan fingerprint density at radius 3 is 2.85 bits per heavy atom. The van der Waals surface area contributed by atoms with Crippen LogP contribution in [-0.2, 0) is 11.8 Å². The Hall–Kier alpha value is -1.08. The third kappa shape index (κ3) is 2.13. The second-order valence-corrected chi connectivity index (χ2v) is 7.16. The molecular weight excluding hydrogens is 242 g/mol. The maximum Gasteiger partial charge on any atom is 0.0173 e. The number of benzene rings is 1. The maximum atomic E-state index is 2.70. The minimum Gasteiger partial charge on any atom is -0.296 e. The molecule has 0 N–H and O–H groups in total. The molecule has 1 aliphatic heterocycles. The molecule has 2 aliphatic rings. The van der Waals surface area contributed by atoms with Crippen LogP contribution in [0.4, 0.5) is 0 Å². The van der Waals surface area contributed by atoms with Crippen molar-refractivity contribution in [2.24, 2.45) is 5.92 Å². The summed E-state index contributed by atoms with van der Waals surface area (Å²) in [6.07, 6.45) is 4.90. The van der Waals surface area contributed by atoms with E-state index in [0.717, 1.165) is 12.5 Å². The van der Waals surface area contributed by atoms with Crippen molar-refractivity contribution in [3.63, 3.8) is 0 Å². The van der Waals surface area contributed by atoms with Gasteiger partial charge in [-0.15, -0.1) is 0 Å². The standard InChI is InChI=1S/C19H27N/c1-14(2)9-11-20-12-10-19(4)15(3)18(20)13-16-7-5-6-8-17(16)19/h5-9,15,18H,10-13H2,1-4H3/t15-,18+,19+/m1/s1. The molecule has 1 fully saturated rings. The van der Waals surface area contributed by atoms with Gasteiger partial charge in [-0.25, -0.2) is 0 Å². The normalized spacial score (nSPS) is 32.6. The molecule has 0 amide bonds. The summed E-state index contributed by atoms with van der Waals surface area (Å²) < 4.78 is 0. The number of piperidine rings is 1. The van der Waals surface area contributed by atoms with Gasteiger partial charge in [0.05, 0.1) is 0 Å². The highest BCUT2D eigenvalue weighted by molar-refractivity contribution is 5.39. The van der Waals surface area contributed by atoms with Gasteiger partial charge in [-0.1, -0.05) is 49.8 Å². The third-order valence-electron chi connectivity index (χ3n) is 5.77. The summed E-state index contributed by atoms with van der Waals surface area (Å²) in [7, 11) is 0. The molecule has 3 atom stereocenters. The lowest BCUT2D eigenvalue weighted by Crippen LogP contribution is -2.57. The van der Waals surface area contributed by atoms with Crippen molar-refractivity contribution in [1.82, 2.24) is 4.90 Å². The lowest BCUT2D eigenvalue weighted by molar-refractivity contribution is 0.0398. The molecule has 108 valence electrons. The van der Waals surface area contributed by atoms with Crippen LogP contribution in [0.25, 0.3) is 0 Å². The van der Waals surface area contributed by atoms with Crippen LogP contribution in [0.15, 0.2) is 35.9 Å². The van der Waals surface area contributed by atoms with E-state index in [1.54, 1.807) is 11.1 Å². The molecule has 1 heteroatoms. The molecule has 20 heavy (non-hydrogen) atoms. The fourth-order valence-corrected chi connectivity index (χ4v) is 4.20. The first-order valence-electron chi connectivity index (χ1n) is 7.98. The highest BCUT2D eigenvalue weighted by atomic mass is 15.2. The van der Waals surface area contributed by atoms with E-state index in [1.807, 2.05) is 0 Å². The Morgan fingerprint density at radius 1 is 1.35 bits per heavy atom. The van der Waals surface area contributed by atoms with Crippen LogP contribution >= 0.6 is 0 Å². The predicted octanol–water partition coefficient (Wildman–Crippen LogP) is 4.18. The number of allylic oxidation sites excluding steroid dienone is 1. The third-order valence-corrected chi connectivity index (χ3v) is 5.77. The van der Waals surface area contributed by atoms with Crippen LogP contribution in [-0.4, -0.2) is 24.0 Å².